The van der Waals surface area contributed by atoms with E-state index in [4.69, 9.17) is 0 Å². The van der Waals surface area contributed by atoms with Gasteiger partial charge < -0.3 is 15.5 Å². The second-order valence-electron chi connectivity index (χ2n) is 5.41. The van der Waals surface area contributed by atoms with Crippen molar-refractivity contribution < 1.29 is 9.59 Å². The molecule has 2 amide bonds. The number of carbonyl (C=O) groups excluding carboxylic acids is 2. The maximum atomic E-state index is 12.2. The molecule has 0 saturated heterocycles. The van der Waals surface area contributed by atoms with Gasteiger partial charge in [0.1, 0.15) is 0 Å². The van der Waals surface area contributed by atoms with Crippen LogP contribution in [0, 0.1) is 6.92 Å². The Labute approximate surface area is 126 Å². The molecule has 2 N–H and O–H groups in total. The Balaban J connectivity index is 2.94. The van der Waals surface area contributed by atoms with Crippen LogP contribution in [0.4, 0.5) is 5.69 Å². The summed E-state index contributed by atoms with van der Waals surface area (Å²) in [6.07, 6.45) is 0.809. The summed E-state index contributed by atoms with van der Waals surface area (Å²) in [4.78, 5) is 25.5. The monoisotopic (exact) mass is 291 g/mol. The van der Waals surface area contributed by atoms with Gasteiger partial charge in [0.05, 0.1) is 0 Å². The zero-order chi connectivity index (χ0) is 16.0. The van der Waals surface area contributed by atoms with E-state index in [2.05, 4.69) is 10.6 Å². The van der Waals surface area contributed by atoms with E-state index in [1.165, 1.54) is 6.92 Å². The first kappa shape index (κ1) is 17.2. The smallest absolute Gasteiger partial charge is 0.251 e. The minimum Gasteiger partial charge on any atom is -0.351 e. The molecular weight excluding hydrogens is 266 g/mol. The Hall–Kier alpha value is -1.88. The first-order valence-electron chi connectivity index (χ1n) is 7.19. The molecule has 5 nitrogen and oxygen atoms in total. The van der Waals surface area contributed by atoms with Crippen molar-refractivity contribution in [1.29, 1.82) is 0 Å². The van der Waals surface area contributed by atoms with Crippen molar-refractivity contribution in [2.24, 2.45) is 0 Å². The average molecular weight is 291 g/mol. The molecular formula is C16H25N3O2. The summed E-state index contributed by atoms with van der Waals surface area (Å²) < 4.78 is 0. The minimum atomic E-state index is -0.130. The van der Waals surface area contributed by atoms with Gasteiger partial charge in [0.2, 0.25) is 5.91 Å². The molecule has 0 atom stereocenters. The molecule has 0 spiro atoms. The molecule has 1 rings (SSSR count). The van der Waals surface area contributed by atoms with Gasteiger partial charge >= 0.3 is 0 Å². The lowest BCUT2D eigenvalue weighted by Gasteiger charge is -2.15. The molecule has 0 saturated carbocycles. The van der Waals surface area contributed by atoms with Gasteiger partial charge in [-0.3, -0.25) is 9.59 Å². The first-order chi connectivity index (χ1) is 9.85. The number of amides is 2. The number of hydrogen-bond donors (Lipinski definition) is 2. The SMILES string of the molecule is CCc1c(C)cc(C(=O)NCCN(C)C)cc1NC(C)=O. The van der Waals surface area contributed by atoms with Crippen LogP contribution >= 0.6 is 0 Å². The van der Waals surface area contributed by atoms with Crippen LogP contribution in [0.5, 0.6) is 0 Å². The summed E-state index contributed by atoms with van der Waals surface area (Å²) in [5, 5.41) is 5.69. The molecule has 0 aliphatic heterocycles. The van der Waals surface area contributed by atoms with Crippen LogP contribution in [-0.2, 0) is 11.2 Å². The van der Waals surface area contributed by atoms with E-state index in [1.54, 1.807) is 6.07 Å². The van der Waals surface area contributed by atoms with E-state index in [1.807, 2.05) is 38.9 Å². The van der Waals surface area contributed by atoms with Gasteiger partial charge in [-0.2, -0.15) is 0 Å². The van der Waals surface area contributed by atoms with E-state index < -0.39 is 0 Å². The molecule has 1 aromatic carbocycles. The summed E-state index contributed by atoms with van der Waals surface area (Å²) in [5.74, 6) is -0.247. The number of nitrogens with zero attached hydrogens (tertiary/aromatic N) is 1. The summed E-state index contributed by atoms with van der Waals surface area (Å²) in [6, 6.07) is 3.62. The highest BCUT2D eigenvalue weighted by molar-refractivity contribution is 5.97. The van der Waals surface area contributed by atoms with Gasteiger partial charge in [-0.05, 0) is 50.7 Å². The van der Waals surface area contributed by atoms with Crippen molar-refractivity contribution in [3.05, 3.63) is 28.8 Å². The maximum absolute atomic E-state index is 12.2. The average Bonchev–Trinajstić information content (AvgIpc) is 2.37. The molecule has 21 heavy (non-hydrogen) atoms. The zero-order valence-electron chi connectivity index (χ0n) is 13.5. The Bertz CT molecular complexity index is 524. The third-order valence-electron chi connectivity index (χ3n) is 3.24. The second kappa shape index (κ2) is 7.78. The third kappa shape index (κ3) is 5.19. The van der Waals surface area contributed by atoms with Gasteiger partial charge in [0, 0.05) is 31.3 Å². The standard InChI is InChI=1S/C16H25N3O2/c1-6-14-11(2)9-13(10-15(14)18-12(3)20)16(21)17-7-8-19(4)5/h9-10H,6-8H2,1-5H3,(H,17,21)(H,18,20). The number of carbonyl (C=O) groups is 2. The zero-order valence-corrected chi connectivity index (χ0v) is 13.5. The molecule has 0 aromatic heterocycles. The van der Waals surface area contributed by atoms with E-state index in [0.717, 1.165) is 29.8 Å². The van der Waals surface area contributed by atoms with Gasteiger partial charge in [-0.1, -0.05) is 6.92 Å². The lowest BCUT2D eigenvalue weighted by atomic mass is 10.00. The Morgan fingerprint density at radius 2 is 1.90 bits per heavy atom. The van der Waals surface area contributed by atoms with Gasteiger partial charge in [0.25, 0.3) is 5.91 Å². The van der Waals surface area contributed by atoms with Crippen molar-refractivity contribution in [1.82, 2.24) is 10.2 Å². The summed E-state index contributed by atoms with van der Waals surface area (Å²) >= 11 is 0. The highest BCUT2D eigenvalue weighted by Crippen LogP contribution is 2.23. The number of hydrogen-bond acceptors (Lipinski definition) is 3. The molecule has 0 aliphatic rings. The summed E-state index contributed by atoms with van der Waals surface area (Å²) in [6.45, 7) is 6.84. The van der Waals surface area contributed by atoms with Crippen LogP contribution in [-0.4, -0.2) is 43.9 Å². The number of likely N-dealkylation sites (N-methyl/N-ethyl adjacent to an activating group) is 1. The molecule has 0 unspecified atom stereocenters. The Morgan fingerprint density at radius 1 is 1.24 bits per heavy atom. The molecule has 116 valence electrons. The number of nitrogens with one attached hydrogen (secondary N) is 2. The largest absolute Gasteiger partial charge is 0.351 e. The minimum absolute atomic E-state index is 0.116. The predicted molar refractivity (Wildman–Crippen MR) is 85.7 cm³/mol. The topological polar surface area (TPSA) is 61.4 Å². The van der Waals surface area contributed by atoms with Crippen molar-refractivity contribution >= 4 is 17.5 Å². The lowest BCUT2D eigenvalue weighted by Crippen LogP contribution is -2.31. The van der Waals surface area contributed by atoms with Crippen LogP contribution < -0.4 is 10.6 Å². The van der Waals surface area contributed by atoms with Crippen molar-refractivity contribution in [3.63, 3.8) is 0 Å². The van der Waals surface area contributed by atoms with Crippen molar-refractivity contribution in [3.8, 4) is 0 Å². The van der Waals surface area contributed by atoms with E-state index in [-0.39, 0.29) is 11.8 Å². The van der Waals surface area contributed by atoms with Gasteiger partial charge in [-0.25, -0.2) is 0 Å². The van der Waals surface area contributed by atoms with Crippen LogP contribution in [0.3, 0.4) is 0 Å². The van der Waals surface area contributed by atoms with Gasteiger partial charge in [-0.15, -0.1) is 0 Å². The van der Waals surface area contributed by atoms with Crippen LogP contribution in [0.2, 0.25) is 0 Å². The van der Waals surface area contributed by atoms with Crippen molar-refractivity contribution in [2.75, 3.05) is 32.5 Å². The van der Waals surface area contributed by atoms with E-state index in [9.17, 15) is 9.59 Å². The maximum Gasteiger partial charge on any atom is 0.251 e. The van der Waals surface area contributed by atoms with E-state index >= 15 is 0 Å². The normalized spacial score (nSPS) is 10.6. The Kier molecular flexibility index (Phi) is 6.37. The molecule has 0 heterocycles. The lowest BCUT2D eigenvalue weighted by molar-refractivity contribution is -0.114. The fraction of sp³-hybridized carbons (Fsp3) is 0.500. The molecule has 0 radical (unpaired) electrons. The van der Waals surface area contributed by atoms with Gasteiger partial charge in [0.15, 0.2) is 0 Å². The van der Waals surface area contributed by atoms with Crippen molar-refractivity contribution in [2.45, 2.75) is 27.2 Å². The summed E-state index contributed by atoms with van der Waals surface area (Å²) in [7, 11) is 3.92. The predicted octanol–water partition coefficient (Wildman–Crippen LogP) is 1.81. The fourth-order valence-corrected chi connectivity index (χ4v) is 2.21. The van der Waals surface area contributed by atoms with Crippen LogP contribution in [0.15, 0.2) is 12.1 Å². The molecule has 0 fully saturated rings. The first-order valence-corrected chi connectivity index (χ1v) is 7.19. The molecule has 0 aliphatic carbocycles. The second-order valence-corrected chi connectivity index (χ2v) is 5.41. The van der Waals surface area contributed by atoms with Crippen LogP contribution in [0.1, 0.15) is 35.3 Å². The number of anilines is 1. The number of benzene rings is 1. The molecule has 0 bridgehead atoms. The fourth-order valence-electron chi connectivity index (χ4n) is 2.21. The molecule has 1 aromatic rings. The van der Waals surface area contributed by atoms with Crippen LogP contribution in [0.25, 0.3) is 0 Å². The highest BCUT2D eigenvalue weighted by Gasteiger charge is 2.12. The quantitative estimate of drug-likeness (QED) is 0.840. The van der Waals surface area contributed by atoms with E-state index in [0.29, 0.717) is 12.1 Å². The third-order valence-corrected chi connectivity index (χ3v) is 3.24. The number of aryl methyl sites for hydroxylation is 1. The number of rotatable bonds is 6. The highest BCUT2D eigenvalue weighted by atomic mass is 16.2. The summed E-state index contributed by atoms with van der Waals surface area (Å²) in [5.41, 5.74) is 3.38. The molecule has 5 heteroatoms. The Morgan fingerprint density at radius 3 is 2.43 bits per heavy atom.